The predicted molar refractivity (Wildman–Crippen MR) is 170 cm³/mol. The van der Waals surface area contributed by atoms with Gasteiger partial charge >= 0.3 is 18.2 Å². The standard InChI is InChI=1S/C35H38N4O6/c1-35(2,3)45-33(42)36-17-8-18-39-21-25(20-37-39)24-15-13-23(14-16-24)19-31(32(40)41)38-34(43)44-22-30-28-11-6-4-9-26(28)27-10-5-7-12-29(27)30/h4-7,9-16,20-21,30-31H,8,17-19,22H2,1-3H3,(H,36,42)(H,38,43)(H,40,41)/t31-/m0/s1. The normalized spacial score (nSPS) is 13.0. The zero-order valence-corrected chi connectivity index (χ0v) is 25.7. The predicted octanol–water partition coefficient (Wildman–Crippen LogP) is 6.00. The second-order valence-electron chi connectivity index (χ2n) is 12.0. The van der Waals surface area contributed by atoms with Crippen LogP contribution in [0.5, 0.6) is 0 Å². The largest absolute Gasteiger partial charge is 0.480 e. The third-order valence-electron chi connectivity index (χ3n) is 7.53. The Morgan fingerprint density at radius 2 is 1.56 bits per heavy atom. The number of aryl methyl sites for hydroxylation is 1. The Bertz CT molecular complexity index is 1610. The lowest BCUT2D eigenvalue weighted by molar-refractivity contribution is -0.139. The van der Waals surface area contributed by atoms with Crippen molar-refractivity contribution in [3.63, 3.8) is 0 Å². The summed E-state index contributed by atoms with van der Waals surface area (Å²) in [5.74, 6) is -1.26. The highest BCUT2D eigenvalue weighted by Gasteiger charge is 2.30. The number of aromatic nitrogens is 2. The van der Waals surface area contributed by atoms with Crippen molar-refractivity contribution < 1.29 is 29.0 Å². The van der Waals surface area contributed by atoms with Gasteiger partial charge in [0.25, 0.3) is 0 Å². The molecule has 2 amide bonds. The first kappa shape index (κ1) is 31.3. The van der Waals surface area contributed by atoms with Crippen molar-refractivity contribution in [1.29, 1.82) is 0 Å². The Balaban J connectivity index is 1.11. The van der Waals surface area contributed by atoms with E-state index in [0.717, 1.165) is 38.9 Å². The molecule has 0 spiro atoms. The molecule has 1 atom stereocenters. The van der Waals surface area contributed by atoms with Crippen molar-refractivity contribution >= 4 is 18.2 Å². The zero-order valence-electron chi connectivity index (χ0n) is 25.7. The van der Waals surface area contributed by atoms with Gasteiger partial charge in [-0.05, 0) is 60.6 Å². The molecular weight excluding hydrogens is 572 g/mol. The SMILES string of the molecule is CC(C)(C)OC(=O)NCCCn1cc(-c2ccc(C[C@H](NC(=O)OCC3c4ccccc4-c4ccccc43)C(=O)O)cc2)cn1. The summed E-state index contributed by atoms with van der Waals surface area (Å²) in [6.07, 6.45) is 3.25. The second kappa shape index (κ2) is 13.7. The van der Waals surface area contributed by atoms with Crippen LogP contribution in [0.4, 0.5) is 9.59 Å². The maximum Gasteiger partial charge on any atom is 0.407 e. The molecule has 4 aromatic rings. The summed E-state index contributed by atoms with van der Waals surface area (Å²) in [5.41, 5.74) is 6.46. The van der Waals surface area contributed by atoms with Crippen molar-refractivity contribution in [2.75, 3.05) is 13.2 Å². The number of ether oxygens (including phenoxy) is 2. The number of benzene rings is 3. The van der Waals surface area contributed by atoms with Crippen molar-refractivity contribution in [1.82, 2.24) is 20.4 Å². The molecule has 10 heteroatoms. The Labute approximate surface area is 262 Å². The number of hydrogen-bond donors (Lipinski definition) is 3. The van der Waals surface area contributed by atoms with Gasteiger partial charge in [0.1, 0.15) is 18.2 Å². The van der Waals surface area contributed by atoms with Gasteiger partial charge < -0.3 is 25.2 Å². The molecule has 0 aliphatic heterocycles. The van der Waals surface area contributed by atoms with Crippen LogP contribution in [0.1, 0.15) is 49.8 Å². The summed E-state index contributed by atoms with van der Waals surface area (Å²) in [6, 6.07) is 22.4. The van der Waals surface area contributed by atoms with E-state index in [0.29, 0.717) is 19.5 Å². The molecule has 0 unspecified atom stereocenters. The van der Waals surface area contributed by atoms with Crippen molar-refractivity contribution in [3.8, 4) is 22.3 Å². The van der Waals surface area contributed by atoms with Crippen LogP contribution < -0.4 is 10.6 Å². The molecule has 0 saturated heterocycles. The number of fused-ring (bicyclic) bond motifs is 3. The van der Waals surface area contributed by atoms with Gasteiger partial charge in [-0.15, -0.1) is 0 Å². The maximum atomic E-state index is 12.7. The number of nitrogens with one attached hydrogen (secondary N) is 2. The van der Waals surface area contributed by atoms with Crippen LogP contribution in [0.3, 0.4) is 0 Å². The average Bonchev–Trinajstić information content (AvgIpc) is 3.60. The number of rotatable bonds is 11. The van der Waals surface area contributed by atoms with E-state index in [1.807, 2.05) is 87.6 Å². The lowest BCUT2D eigenvalue weighted by Gasteiger charge is -2.19. The third-order valence-corrected chi connectivity index (χ3v) is 7.53. The van der Waals surface area contributed by atoms with Gasteiger partial charge in [-0.25, -0.2) is 14.4 Å². The molecule has 1 aromatic heterocycles. The van der Waals surface area contributed by atoms with Gasteiger partial charge in [-0.3, -0.25) is 4.68 Å². The minimum atomic E-state index is -1.15. The molecular formula is C35H38N4O6. The van der Waals surface area contributed by atoms with E-state index in [9.17, 15) is 19.5 Å². The van der Waals surface area contributed by atoms with Crippen LogP contribution in [0.2, 0.25) is 0 Å². The number of carboxylic acid groups (broad SMARTS) is 1. The zero-order chi connectivity index (χ0) is 32.0. The average molecular weight is 611 g/mol. The first-order valence-corrected chi connectivity index (χ1v) is 15.0. The molecule has 45 heavy (non-hydrogen) atoms. The van der Waals surface area contributed by atoms with E-state index in [2.05, 4.69) is 27.9 Å². The Morgan fingerprint density at radius 3 is 2.18 bits per heavy atom. The van der Waals surface area contributed by atoms with Gasteiger partial charge in [0.2, 0.25) is 0 Å². The van der Waals surface area contributed by atoms with Crippen LogP contribution in [0.25, 0.3) is 22.3 Å². The van der Waals surface area contributed by atoms with Crippen LogP contribution in [-0.4, -0.2) is 57.8 Å². The van der Waals surface area contributed by atoms with Gasteiger partial charge in [0, 0.05) is 37.2 Å². The van der Waals surface area contributed by atoms with Crippen molar-refractivity contribution in [2.24, 2.45) is 0 Å². The Kier molecular flexibility index (Phi) is 9.51. The van der Waals surface area contributed by atoms with Crippen LogP contribution in [0.15, 0.2) is 85.2 Å². The Hall–Kier alpha value is -5.12. The molecule has 0 radical (unpaired) electrons. The van der Waals surface area contributed by atoms with E-state index in [1.54, 1.807) is 10.9 Å². The van der Waals surface area contributed by atoms with Gasteiger partial charge in [-0.2, -0.15) is 5.10 Å². The smallest absolute Gasteiger partial charge is 0.407 e. The first-order valence-electron chi connectivity index (χ1n) is 15.0. The van der Waals surface area contributed by atoms with E-state index >= 15 is 0 Å². The van der Waals surface area contributed by atoms with E-state index in [-0.39, 0.29) is 18.9 Å². The number of hydrogen-bond acceptors (Lipinski definition) is 6. The van der Waals surface area contributed by atoms with Gasteiger partial charge in [0.15, 0.2) is 0 Å². The molecule has 0 fully saturated rings. The molecule has 3 N–H and O–H groups in total. The highest BCUT2D eigenvalue weighted by atomic mass is 16.6. The van der Waals surface area contributed by atoms with E-state index < -0.39 is 29.8 Å². The van der Waals surface area contributed by atoms with Crippen LogP contribution in [0, 0.1) is 0 Å². The molecule has 10 nitrogen and oxygen atoms in total. The van der Waals surface area contributed by atoms with Gasteiger partial charge in [-0.1, -0.05) is 72.8 Å². The summed E-state index contributed by atoms with van der Waals surface area (Å²) < 4.78 is 12.6. The summed E-state index contributed by atoms with van der Waals surface area (Å²) >= 11 is 0. The van der Waals surface area contributed by atoms with E-state index in [4.69, 9.17) is 9.47 Å². The topological polar surface area (TPSA) is 132 Å². The fourth-order valence-electron chi connectivity index (χ4n) is 5.43. The fraction of sp³-hybridized carbons (Fsp3) is 0.314. The maximum absolute atomic E-state index is 12.7. The molecule has 5 rings (SSSR count). The van der Waals surface area contributed by atoms with Crippen LogP contribution in [-0.2, 0) is 27.2 Å². The lowest BCUT2D eigenvalue weighted by atomic mass is 9.98. The number of amides is 2. The summed E-state index contributed by atoms with van der Waals surface area (Å²) in [6.45, 7) is 6.65. The molecule has 1 heterocycles. The monoisotopic (exact) mass is 610 g/mol. The first-order chi connectivity index (χ1) is 21.6. The lowest BCUT2D eigenvalue weighted by Crippen LogP contribution is -2.42. The number of aliphatic carboxylic acids is 1. The highest BCUT2D eigenvalue weighted by Crippen LogP contribution is 2.44. The van der Waals surface area contributed by atoms with E-state index in [1.165, 1.54) is 0 Å². The van der Waals surface area contributed by atoms with Crippen molar-refractivity contribution in [3.05, 3.63) is 102 Å². The molecule has 3 aromatic carbocycles. The second-order valence-corrected chi connectivity index (χ2v) is 12.0. The third kappa shape index (κ3) is 8.08. The summed E-state index contributed by atoms with van der Waals surface area (Å²) in [7, 11) is 0. The molecule has 234 valence electrons. The van der Waals surface area contributed by atoms with Crippen LogP contribution >= 0.6 is 0 Å². The minimum Gasteiger partial charge on any atom is -0.480 e. The minimum absolute atomic E-state index is 0.101. The number of carbonyl (C=O) groups is 3. The number of nitrogens with zero attached hydrogens (tertiary/aromatic N) is 2. The number of alkyl carbamates (subject to hydrolysis) is 2. The quantitative estimate of drug-likeness (QED) is 0.178. The number of carbonyl (C=O) groups excluding carboxylic acids is 2. The molecule has 1 aliphatic rings. The number of carboxylic acids is 1. The highest BCUT2D eigenvalue weighted by molar-refractivity contribution is 5.81. The molecule has 0 bridgehead atoms. The molecule has 0 saturated carbocycles. The Morgan fingerprint density at radius 1 is 0.911 bits per heavy atom. The molecule has 1 aliphatic carbocycles. The summed E-state index contributed by atoms with van der Waals surface area (Å²) in [4.78, 5) is 36.5. The van der Waals surface area contributed by atoms with Crippen molar-refractivity contribution in [2.45, 2.75) is 57.7 Å². The summed E-state index contributed by atoms with van der Waals surface area (Å²) in [5, 5.41) is 19.5. The fourth-order valence-corrected chi connectivity index (χ4v) is 5.43. The van der Waals surface area contributed by atoms with Gasteiger partial charge in [0.05, 0.1) is 6.20 Å².